The number of ether oxygens (including phenoxy) is 1. The van der Waals surface area contributed by atoms with E-state index in [1.807, 2.05) is 12.1 Å². The lowest BCUT2D eigenvalue weighted by Gasteiger charge is -2.08. The molecule has 0 aliphatic carbocycles. The van der Waals surface area contributed by atoms with Crippen molar-refractivity contribution < 1.29 is 4.74 Å². The highest BCUT2D eigenvalue weighted by molar-refractivity contribution is 14.0. The third-order valence-corrected chi connectivity index (χ3v) is 4.03. The van der Waals surface area contributed by atoms with Gasteiger partial charge in [-0.3, -0.25) is 0 Å². The normalized spacial score (nSPS) is 11.0. The van der Waals surface area contributed by atoms with Crippen LogP contribution in [-0.2, 0) is 24.3 Å². The molecule has 0 aliphatic heterocycles. The van der Waals surface area contributed by atoms with Crippen molar-refractivity contribution in [1.82, 2.24) is 5.32 Å². The van der Waals surface area contributed by atoms with Gasteiger partial charge >= 0.3 is 0 Å². The molecule has 22 heavy (non-hydrogen) atoms. The molecule has 0 spiro atoms. The lowest BCUT2D eigenvalue weighted by molar-refractivity contribution is 0.184. The number of nitrogens with one attached hydrogen (secondary N) is 1. The first-order valence-electron chi connectivity index (χ1n) is 6.91. The molecule has 0 fully saturated rings. The van der Waals surface area contributed by atoms with Crippen LogP contribution in [0.3, 0.4) is 0 Å². The molecule has 2 aromatic rings. The molecule has 0 radical (unpaired) electrons. The Morgan fingerprint density at radius 2 is 2.00 bits per heavy atom. The summed E-state index contributed by atoms with van der Waals surface area (Å²) in [7, 11) is 1.69. The van der Waals surface area contributed by atoms with Crippen LogP contribution in [0.4, 0.5) is 0 Å². The largest absolute Gasteiger partial charge is 0.380 e. The third kappa shape index (κ3) is 6.33. The quantitative estimate of drug-likeness (QED) is 0.402. The first kappa shape index (κ1) is 18.9. The number of aliphatic imine (C=N–C) groups is 1. The first-order chi connectivity index (χ1) is 10.3. The highest BCUT2D eigenvalue weighted by Crippen LogP contribution is 2.11. The minimum absolute atomic E-state index is 0. The zero-order valence-electron chi connectivity index (χ0n) is 12.6. The van der Waals surface area contributed by atoms with E-state index in [9.17, 15) is 0 Å². The monoisotopic (exact) mass is 431 g/mol. The van der Waals surface area contributed by atoms with Crippen LogP contribution in [0.2, 0.25) is 0 Å². The van der Waals surface area contributed by atoms with Gasteiger partial charge in [0, 0.05) is 18.5 Å². The van der Waals surface area contributed by atoms with Gasteiger partial charge in [-0.2, -0.15) is 0 Å². The van der Waals surface area contributed by atoms with Gasteiger partial charge in [-0.15, -0.1) is 35.3 Å². The molecule has 0 bridgehead atoms. The third-order valence-electron chi connectivity index (χ3n) is 3.10. The maximum atomic E-state index is 5.90. The smallest absolute Gasteiger partial charge is 0.188 e. The lowest BCUT2D eigenvalue weighted by atomic mass is 10.1. The SMILES string of the molecule is COCc1ccccc1CN=C(N)NCCc1cccs1.I. The van der Waals surface area contributed by atoms with Crippen molar-refractivity contribution in [2.75, 3.05) is 13.7 Å². The minimum Gasteiger partial charge on any atom is -0.380 e. The average Bonchev–Trinajstić information content (AvgIpc) is 3.00. The molecule has 0 amide bonds. The standard InChI is InChI=1S/C16H21N3OS.HI/c1-20-12-14-6-3-2-5-13(14)11-19-16(17)18-9-8-15-7-4-10-21-15;/h2-7,10H,8-9,11-12H2,1H3,(H3,17,18,19);1H. The summed E-state index contributed by atoms with van der Waals surface area (Å²) < 4.78 is 5.19. The molecular formula is C16H22IN3OS. The Bertz CT molecular complexity index is 573. The Labute approximate surface area is 152 Å². The lowest BCUT2D eigenvalue weighted by Crippen LogP contribution is -2.33. The maximum Gasteiger partial charge on any atom is 0.188 e. The van der Waals surface area contributed by atoms with Gasteiger partial charge < -0.3 is 15.8 Å². The van der Waals surface area contributed by atoms with Crippen molar-refractivity contribution in [3.05, 3.63) is 57.8 Å². The van der Waals surface area contributed by atoms with E-state index in [1.54, 1.807) is 18.4 Å². The number of guanidine groups is 1. The molecule has 1 aromatic heterocycles. The fraction of sp³-hybridized carbons (Fsp3) is 0.312. The van der Waals surface area contributed by atoms with Crippen molar-refractivity contribution >= 4 is 41.3 Å². The number of nitrogens with two attached hydrogens (primary N) is 1. The van der Waals surface area contributed by atoms with Gasteiger partial charge in [0.15, 0.2) is 5.96 Å². The number of hydrogen-bond acceptors (Lipinski definition) is 3. The van der Waals surface area contributed by atoms with E-state index in [1.165, 1.54) is 4.88 Å². The van der Waals surface area contributed by atoms with Crippen LogP contribution < -0.4 is 11.1 Å². The second-order valence-corrected chi connectivity index (χ2v) is 5.69. The fourth-order valence-corrected chi connectivity index (χ4v) is 2.71. The number of nitrogens with zero attached hydrogens (tertiary/aromatic N) is 1. The molecule has 1 aromatic carbocycles. The molecule has 0 unspecified atom stereocenters. The molecule has 120 valence electrons. The van der Waals surface area contributed by atoms with Gasteiger partial charge in [-0.1, -0.05) is 30.3 Å². The Balaban J connectivity index is 0.00000242. The second-order valence-electron chi connectivity index (χ2n) is 4.66. The Kier molecular flexibility index (Phi) is 9.10. The number of methoxy groups -OCH3 is 1. The minimum atomic E-state index is 0. The number of halogens is 1. The summed E-state index contributed by atoms with van der Waals surface area (Å²) in [6.45, 7) is 1.96. The van der Waals surface area contributed by atoms with Crippen LogP contribution in [0.25, 0.3) is 0 Å². The Hall–Kier alpha value is -1.12. The van der Waals surface area contributed by atoms with Gasteiger partial charge in [-0.25, -0.2) is 4.99 Å². The molecule has 0 aliphatic rings. The molecule has 0 saturated carbocycles. The van der Waals surface area contributed by atoms with Crippen molar-refractivity contribution in [3.63, 3.8) is 0 Å². The van der Waals surface area contributed by atoms with E-state index in [0.29, 0.717) is 19.1 Å². The molecule has 1 heterocycles. The summed E-state index contributed by atoms with van der Waals surface area (Å²) in [6.07, 6.45) is 0.966. The van der Waals surface area contributed by atoms with Gasteiger partial charge in [0.25, 0.3) is 0 Å². The van der Waals surface area contributed by atoms with Crippen molar-refractivity contribution in [3.8, 4) is 0 Å². The maximum absolute atomic E-state index is 5.90. The highest BCUT2D eigenvalue weighted by atomic mass is 127. The predicted octanol–water partition coefficient (Wildman–Crippen LogP) is 3.16. The summed E-state index contributed by atoms with van der Waals surface area (Å²) in [5.74, 6) is 0.485. The van der Waals surface area contributed by atoms with Crippen molar-refractivity contribution in [1.29, 1.82) is 0 Å². The summed E-state index contributed by atoms with van der Waals surface area (Å²) in [5.41, 5.74) is 8.19. The molecule has 3 N–H and O–H groups in total. The first-order valence-corrected chi connectivity index (χ1v) is 7.79. The predicted molar refractivity (Wildman–Crippen MR) is 104 cm³/mol. The second kappa shape index (κ2) is 10.6. The summed E-state index contributed by atoms with van der Waals surface area (Å²) in [6, 6.07) is 12.3. The summed E-state index contributed by atoms with van der Waals surface area (Å²) in [5, 5.41) is 5.23. The fourth-order valence-electron chi connectivity index (χ4n) is 2.00. The molecule has 2 rings (SSSR count). The van der Waals surface area contributed by atoms with Crippen molar-refractivity contribution in [2.45, 2.75) is 19.6 Å². The van der Waals surface area contributed by atoms with Gasteiger partial charge in [0.1, 0.15) is 0 Å². The van der Waals surface area contributed by atoms with E-state index >= 15 is 0 Å². The van der Waals surface area contributed by atoms with Crippen LogP contribution in [0.15, 0.2) is 46.8 Å². The summed E-state index contributed by atoms with van der Waals surface area (Å²) in [4.78, 5) is 5.74. The zero-order chi connectivity index (χ0) is 14.9. The zero-order valence-corrected chi connectivity index (χ0v) is 15.8. The van der Waals surface area contributed by atoms with Crippen LogP contribution in [0, 0.1) is 0 Å². The number of rotatable bonds is 7. The van der Waals surface area contributed by atoms with Crippen LogP contribution >= 0.6 is 35.3 Å². The summed E-state index contributed by atoms with van der Waals surface area (Å²) >= 11 is 1.76. The molecule has 0 saturated heterocycles. The van der Waals surface area contributed by atoms with Crippen LogP contribution in [0.1, 0.15) is 16.0 Å². The Morgan fingerprint density at radius 1 is 1.23 bits per heavy atom. The van der Waals surface area contributed by atoms with E-state index in [-0.39, 0.29) is 24.0 Å². The average molecular weight is 431 g/mol. The highest BCUT2D eigenvalue weighted by Gasteiger charge is 2.01. The van der Waals surface area contributed by atoms with Gasteiger partial charge in [-0.05, 0) is 29.0 Å². The van der Waals surface area contributed by atoms with Crippen LogP contribution in [0.5, 0.6) is 0 Å². The number of thiophene rings is 1. The van der Waals surface area contributed by atoms with E-state index in [0.717, 1.165) is 24.1 Å². The Morgan fingerprint density at radius 3 is 2.68 bits per heavy atom. The van der Waals surface area contributed by atoms with Crippen molar-refractivity contribution in [2.24, 2.45) is 10.7 Å². The molecule has 0 atom stereocenters. The molecule has 6 heteroatoms. The van der Waals surface area contributed by atoms with Crippen LogP contribution in [-0.4, -0.2) is 19.6 Å². The number of hydrogen-bond donors (Lipinski definition) is 2. The van der Waals surface area contributed by atoms with Gasteiger partial charge in [0.05, 0.1) is 13.2 Å². The van der Waals surface area contributed by atoms with E-state index in [4.69, 9.17) is 10.5 Å². The number of benzene rings is 1. The molecule has 4 nitrogen and oxygen atoms in total. The van der Waals surface area contributed by atoms with E-state index < -0.39 is 0 Å². The van der Waals surface area contributed by atoms with Gasteiger partial charge in [0.2, 0.25) is 0 Å². The molecular weight excluding hydrogens is 409 g/mol. The topological polar surface area (TPSA) is 59.6 Å². The van der Waals surface area contributed by atoms with E-state index in [2.05, 4.69) is 40.0 Å².